The first kappa shape index (κ1) is 15.6. The minimum Gasteiger partial charge on any atom is -0.744 e. The molecule has 0 amide bonds. The topological polar surface area (TPSA) is 83.5 Å². The molecule has 0 unspecified atom stereocenters. The molecule has 5 nitrogen and oxygen atoms in total. The van der Waals surface area contributed by atoms with Gasteiger partial charge in [0.15, 0.2) is 0 Å². The van der Waals surface area contributed by atoms with E-state index >= 15 is 0 Å². The number of carbonyl (C=O) groups excluding carboxylic acids is 1. The fraction of sp³-hybridized carbons (Fsp3) is 0.222. The average Bonchev–Trinajstić information content (AvgIpc) is 2.17. The maximum atomic E-state index is 11.2. The van der Waals surface area contributed by atoms with Gasteiger partial charge in [0, 0.05) is 0 Å². The Hall–Kier alpha value is -0.400. The number of hydrogen-bond acceptors (Lipinski definition) is 5. The van der Waals surface area contributed by atoms with Gasteiger partial charge in [-0.25, -0.2) is 13.2 Å². The van der Waals surface area contributed by atoms with Gasteiger partial charge in [-0.3, -0.25) is 0 Å². The summed E-state index contributed by atoms with van der Waals surface area (Å²) in [5.41, 5.74) is 0.212. The second-order valence-corrected chi connectivity index (χ2v) is 4.08. The molecule has 0 saturated heterocycles. The van der Waals surface area contributed by atoms with E-state index in [4.69, 9.17) is 0 Å². The van der Waals surface area contributed by atoms with E-state index in [0.29, 0.717) is 0 Å². The van der Waals surface area contributed by atoms with E-state index in [0.717, 1.165) is 12.1 Å². The molecule has 1 aromatic carbocycles. The Morgan fingerprint density at radius 1 is 1.31 bits per heavy atom. The van der Waals surface area contributed by atoms with Crippen LogP contribution in [0, 0.1) is 0 Å². The van der Waals surface area contributed by atoms with Gasteiger partial charge < -0.3 is 9.29 Å². The number of ether oxygens (including phenoxy) is 1. The van der Waals surface area contributed by atoms with Crippen LogP contribution in [-0.4, -0.2) is 25.5 Å². The summed E-state index contributed by atoms with van der Waals surface area (Å²) >= 11 is 0. The first-order valence-corrected chi connectivity index (χ1v) is 5.59. The normalized spacial score (nSPS) is 10.4. The van der Waals surface area contributed by atoms with Gasteiger partial charge in [-0.1, -0.05) is 0 Å². The molecule has 0 radical (unpaired) electrons. The third-order valence-corrected chi connectivity index (χ3v) is 2.50. The molecular formula is C9H9NaO5S. The Labute approximate surface area is 116 Å². The zero-order valence-corrected chi connectivity index (χ0v) is 11.8. The molecule has 0 aliphatic carbocycles. The molecule has 1 rings (SSSR count). The Bertz CT molecular complexity index is 451. The Kier molecular flexibility index (Phi) is 6.20. The summed E-state index contributed by atoms with van der Waals surface area (Å²) in [4.78, 5) is 10.8. The number of benzene rings is 1. The molecule has 0 spiro atoms. The van der Waals surface area contributed by atoms with E-state index in [1.54, 1.807) is 6.92 Å². The maximum Gasteiger partial charge on any atom is 1.00 e. The van der Waals surface area contributed by atoms with Crippen molar-refractivity contribution in [1.29, 1.82) is 0 Å². The van der Waals surface area contributed by atoms with Gasteiger partial charge in [-0.05, 0) is 31.2 Å². The molecule has 0 bridgehead atoms. The van der Waals surface area contributed by atoms with Gasteiger partial charge in [-0.2, -0.15) is 0 Å². The summed E-state index contributed by atoms with van der Waals surface area (Å²) in [7, 11) is -4.46. The Morgan fingerprint density at radius 3 is 2.19 bits per heavy atom. The molecule has 82 valence electrons. The van der Waals surface area contributed by atoms with Gasteiger partial charge in [0.05, 0.1) is 17.1 Å². The van der Waals surface area contributed by atoms with Crippen LogP contribution in [0.1, 0.15) is 17.3 Å². The van der Waals surface area contributed by atoms with Gasteiger partial charge in [0.25, 0.3) is 0 Å². The van der Waals surface area contributed by atoms with Crippen LogP contribution < -0.4 is 29.6 Å². The van der Waals surface area contributed by atoms with Crippen LogP contribution in [0.2, 0.25) is 0 Å². The van der Waals surface area contributed by atoms with Crippen molar-refractivity contribution in [3.8, 4) is 0 Å². The molecule has 0 saturated carbocycles. The van der Waals surface area contributed by atoms with Crippen molar-refractivity contribution >= 4 is 16.1 Å². The minimum absolute atomic E-state index is 0. The predicted octanol–water partition coefficient (Wildman–Crippen LogP) is -2.23. The van der Waals surface area contributed by atoms with Gasteiger partial charge >= 0.3 is 35.5 Å². The van der Waals surface area contributed by atoms with Gasteiger partial charge in [0.2, 0.25) is 0 Å². The van der Waals surface area contributed by atoms with E-state index < -0.39 is 16.1 Å². The van der Waals surface area contributed by atoms with Crippen molar-refractivity contribution < 1.29 is 52.1 Å². The van der Waals surface area contributed by atoms with Gasteiger partial charge in [0.1, 0.15) is 10.1 Å². The number of rotatable bonds is 3. The van der Waals surface area contributed by atoms with Crippen LogP contribution >= 0.6 is 0 Å². The molecule has 0 atom stereocenters. The van der Waals surface area contributed by atoms with E-state index in [-0.39, 0.29) is 46.6 Å². The number of hydrogen-bond donors (Lipinski definition) is 0. The van der Waals surface area contributed by atoms with Crippen LogP contribution in [0.25, 0.3) is 0 Å². The molecule has 0 N–H and O–H groups in total. The summed E-state index contributed by atoms with van der Waals surface area (Å²) < 4.78 is 36.4. The Morgan fingerprint density at radius 2 is 1.81 bits per heavy atom. The summed E-state index contributed by atoms with van der Waals surface area (Å²) in [6.45, 7) is 1.90. The van der Waals surface area contributed by atoms with Crippen LogP contribution in [0.4, 0.5) is 0 Å². The summed E-state index contributed by atoms with van der Waals surface area (Å²) in [6.07, 6.45) is 0. The zero-order valence-electron chi connectivity index (χ0n) is 8.97. The van der Waals surface area contributed by atoms with E-state index in [1.165, 1.54) is 12.1 Å². The molecule has 0 aliphatic heterocycles. The van der Waals surface area contributed by atoms with Crippen LogP contribution in [0.3, 0.4) is 0 Å². The first-order valence-electron chi connectivity index (χ1n) is 4.18. The SMILES string of the molecule is CCOC(=O)c1ccc(S(=O)(=O)[O-])cc1.[Na+]. The zero-order chi connectivity index (χ0) is 11.5. The van der Waals surface area contributed by atoms with E-state index in [9.17, 15) is 17.8 Å². The largest absolute Gasteiger partial charge is 1.00 e. The van der Waals surface area contributed by atoms with Crippen LogP contribution in [0.15, 0.2) is 29.2 Å². The fourth-order valence-electron chi connectivity index (χ4n) is 0.972. The fourth-order valence-corrected chi connectivity index (χ4v) is 1.44. The number of esters is 1. The summed E-state index contributed by atoms with van der Waals surface area (Å²) in [6, 6.07) is 4.63. The number of carbonyl (C=O) groups is 1. The molecule has 1 aromatic rings. The molecule has 0 aliphatic rings. The summed E-state index contributed by atoms with van der Waals surface area (Å²) in [5, 5.41) is 0. The van der Waals surface area contributed by atoms with Crippen molar-refractivity contribution in [3.05, 3.63) is 29.8 Å². The molecule has 7 heteroatoms. The van der Waals surface area contributed by atoms with Crippen LogP contribution in [-0.2, 0) is 14.9 Å². The molecule has 16 heavy (non-hydrogen) atoms. The minimum atomic E-state index is -4.46. The quantitative estimate of drug-likeness (QED) is 0.345. The van der Waals surface area contributed by atoms with E-state index in [2.05, 4.69) is 4.74 Å². The van der Waals surface area contributed by atoms with Crippen molar-refractivity contribution in [2.24, 2.45) is 0 Å². The van der Waals surface area contributed by atoms with Crippen molar-refractivity contribution in [3.63, 3.8) is 0 Å². The molecule has 0 heterocycles. The summed E-state index contributed by atoms with van der Waals surface area (Å²) in [5.74, 6) is -0.549. The molecule has 0 aromatic heterocycles. The standard InChI is InChI=1S/C9H10O5S.Na/c1-2-14-9(10)7-3-5-8(6-4-7)15(11,12)13;/h3-6H,2H2,1H3,(H,11,12,13);/q;+1/p-1. The third kappa shape index (κ3) is 4.23. The molecule has 0 fully saturated rings. The Balaban J connectivity index is 0.00000225. The van der Waals surface area contributed by atoms with E-state index in [1.807, 2.05) is 0 Å². The smallest absolute Gasteiger partial charge is 0.744 e. The first-order chi connectivity index (χ1) is 6.95. The molecular weight excluding hydrogens is 243 g/mol. The second kappa shape index (κ2) is 6.36. The van der Waals surface area contributed by atoms with Crippen molar-refractivity contribution in [2.75, 3.05) is 6.61 Å². The van der Waals surface area contributed by atoms with Gasteiger partial charge in [-0.15, -0.1) is 0 Å². The third-order valence-electron chi connectivity index (χ3n) is 1.65. The average molecular weight is 252 g/mol. The van der Waals surface area contributed by atoms with Crippen LogP contribution in [0.5, 0.6) is 0 Å². The monoisotopic (exact) mass is 252 g/mol. The maximum absolute atomic E-state index is 11.2. The van der Waals surface area contributed by atoms with Crippen molar-refractivity contribution in [2.45, 2.75) is 11.8 Å². The second-order valence-electron chi connectivity index (χ2n) is 2.70. The van der Waals surface area contributed by atoms with Crippen molar-refractivity contribution in [1.82, 2.24) is 0 Å². The predicted molar refractivity (Wildman–Crippen MR) is 50.4 cm³/mol.